The molecule has 140 valence electrons. The zero-order valence-electron chi connectivity index (χ0n) is 14.9. The lowest BCUT2D eigenvalue weighted by molar-refractivity contribution is 0.0469. The first kappa shape index (κ1) is 18.7. The summed E-state index contributed by atoms with van der Waals surface area (Å²) in [4.78, 5) is 29.5. The number of hydrogen-bond donors (Lipinski definition) is 2. The van der Waals surface area contributed by atoms with Crippen LogP contribution in [0.4, 0.5) is 10.5 Å². The first-order valence-corrected chi connectivity index (χ1v) is 9.23. The van der Waals surface area contributed by atoms with Gasteiger partial charge in [-0.15, -0.1) is 11.3 Å². The number of ether oxygens (including phenoxy) is 1. The molecule has 8 heteroatoms. The van der Waals surface area contributed by atoms with Gasteiger partial charge in [0.2, 0.25) is 5.89 Å². The predicted octanol–water partition coefficient (Wildman–Crippen LogP) is 4.29. The van der Waals surface area contributed by atoms with Gasteiger partial charge in [-0.1, -0.05) is 18.2 Å². The standard InChI is InChI=1S/C19H19N3O4S/c1-12(2)20-19(24)22-15-7-4-3-6-14(15)18(23)26-11-13-10-25-17(21-13)16-8-5-9-27-16/h3-10,12H,11H2,1-2H3,(H2,20,22,24). The van der Waals surface area contributed by atoms with Crippen LogP contribution in [0.1, 0.15) is 29.9 Å². The van der Waals surface area contributed by atoms with Gasteiger partial charge in [-0.25, -0.2) is 14.6 Å². The fourth-order valence-corrected chi connectivity index (χ4v) is 2.95. The van der Waals surface area contributed by atoms with E-state index in [1.165, 1.54) is 17.6 Å². The lowest BCUT2D eigenvalue weighted by atomic mass is 10.2. The van der Waals surface area contributed by atoms with Crippen molar-refractivity contribution < 1.29 is 18.7 Å². The second kappa shape index (κ2) is 8.50. The van der Waals surface area contributed by atoms with E-state index in [9.17, 15) is 9.59 Å². The van der Waals surface area contributed by atoms with E-state index >= 15 is 0 Å². The highest BCUT2D eigenvalue weighted by atomic mass is 32.1. The van der Waals surface area contributed by atoms with E-state index in [2.05, 4.69) is 15.6 Å². The number of urea groups is 1. The summed E-state index contributed by atoms with van der Waals surface area (Å²) in [7, 11) is 0. The van der Waals surface area contributed by atoms with Gasteiger partial charge in [0.25, 0.3) is 0 Å². The Morgan fingerprint density at radius 1 is 1.22 bits per heavy atom. The molecule has 27 heavy (non-hydrogen) atoms. The molecule has 0 spiro atoms. The van der Waals surface area contributed by atoms with Gasteiger partial charge in [0.15, 0.2) is 0 Å². The van der Waals surface area contributed by atoms with Crippen molar-refractivity contribution in [2.24, 2.45) is 0 Å². The minimum absolute atomic E-state index is 0.0196. The average Bonchev–Trinajstić information content (AvgIpc) is 3.31. The number of thiophene rings is 1. The van der Waals surface area contributed by atoms with Gasteiger partial charge in [0, 0.05) is 6.04 Å². The lowest BCUT2D eigenvalue weighted by Gasteiger charge is -2.13. The molecule has 3 aromatic rings. The van der Waals surface area contributed by atoms with Crippen LogP contribution in [0.3, 0.4) is 0 Å². The third kappa shape index (κ3) is 4.95. The summed E-state index contributed by atoms with van der Waals surface area (Å²) in [5.74, 6) is -0.0698. The summed E-state index contributed by atoms with van der Waals surface area (Å²) >= 11 is 1.51. The highest BCUT2D eigenvalue weighted by molar-refractivity contribution is 7.13. The first-order chi connectivity index (χ1) is 13.0. The first-order valence-electron chi connectivity index (χ1n) is 8.35. The molecule has 1 aromatic carbocycles. The number of rotatable bonds is 6. The molecule has 2 heterocycles. The maximum atomic E-state index is 12.4. The molecule has 0 radical (unpaired) electrons. The number of carbonyl (C=O) groups is 2. The Hall–Kier alpha value is -3.13. The van der Waals surface area contributed by atoms with Crippen molar-refractivity contribution in [3.05, 3.63) is 59.3 Å². The van der Waals surface area contributed by atoms with Crippen LogP contribution in [0.15, 0.2) is 52.5 Å². The van der Waals surface area contributed by atoms with Crippen LogP contribution in [-0.2, 0) is 11.3 Å². The van der Waals surface area contributed by atoms with Gasteiger partial charge in [-0.05, 0) is 37.4 Å². The van der Waals surface area contributed by atoms with Crippen LogP contribution >= 0.6 is 11.3 Å². The van der Waals surface area contributed by atoms with Gasteiger partial charge in [-0.2, -0.15) is 0 Å². The van der Waals surface area contributed by atoms with Crippen LogP contribution in [0, 0.1) is 0 Å². The van der Waals surface area contributed by atoms with Crippen molar-refractivity contribution >= 4 is 29.0 Å². The lowest BCUT2D eigenvalue weighted by Crippen LogP contribution is -2.34. The molecule has 0 aliphatic carbocycles. The van der Waals surface area contributed by atoms with Crippen LogP contribution in [0.2, 0.25) is 0 Å². The van der Waals surface area contributed by atoms with Crippen molar-refractivity contribution in [1.82, 2.24) is 10.3 Å². The summed E-state index contributed by atoms with van der Waals surface area (Å²) in [6.07, 6.45) is 1.46. The Kier molecular flexibility index (Phi) is 5.87. The average molecular weight is 385 g/mol. The Morgan fingerprint density at radius 3 is 2.78 bits per heavy atom. The molecule has 2 aromatic heterocycles. The molecule has 3 rings (SSSR count). The topological polar surface area (TPSA) is 93.5 Å². The number of anilines is 1. The summed E-state index contributed by atoms with van der Waals surface area (Å²) in [6, 6.07) is 10.1. The number of oxazole rings is 1. The van der Waals surface area contributed by atoms with E-state index in [-0.39, 0.29) is 24.2 Å². The summed E-state index contributed by atoms with van der Waals surface area (Å²) in [5, 5.41) is 7.30. The van der Waals surface area contributed by atoms with Gasteiger partial charge < -0.3 is 19.8 Å². The Bertz CT molecular complexity index is 919. The number of esters is 1. The van der Waals surface area contributed by atoms with Crippen LogP contribution < -0.4 is 10.6 Å². The van der Waals surface area contributed by atoms with Crippen molar-refractivity contribution in [2.75, 3.05) is 5.32 Å². The predicted molar refractivity (Wildman–Crippen MR) is 103 cm³/mol. The number of nitrogens with one attached hydrogen (secondary N) is 2. The molecular weight excluding hydrogens is 366 g/mol. The van der Waals surface area contributed by atoms with Gasteiger partial charge in [-0.3, -0.25) is 0 Å². The number of nitrogens with zero attached hydrogens (tertiary/aromatic N) is 1. The molecular formula is C19H19N3O4S. The summed E-state index contributed by atoms with van der Waals surface area (Å²) in [5.41, 5.74) is 1.15. The normalized spacial score (nSPS) is 10.6. The zero-order chi connectivity index (χ0) is 19.2. The molecule has 0 aliphatic rings. The second-order valence-corrected chi connectivity index (χ2v) is 6.94. The third-order valence-electron chi connectivity index (χ3n) is 3.45. The highest BCUT2D eigenvalue weighted by Gasteiger charge is 2.16. The maximum Gasteiger partial charge on any atom is 0.340 e. The maximum absolute atomic E-state index is 12.4. The number of aromatic nitrogens is 1. The van der Waals surface area contributed by atoms with E-state index < -0.39 is 5.97 Å². The van der Waals surface area contributed by atoms with Gasteiger partial charge in [0.05, 0.1) is 16.1 Å². The molecule has 0 fully saturated rings. The number of carbonyl (C=O) groups excluding carboxylic acids is 2. The van der Waals surface area contributed by atoms with Crippen molar-refractivity contribution in [3.8, 4) is 10.8 Å². The van der Waals surface area contributed by atoms with Crippen molar-refractivity contribution in [2.45, 2.75) is 26.5 Å². The molecule has 0 saturated heterocycles. The van der Waals surface area contributed by atoms with E-state index in [4.69, 9.17) is 9.15 Å². The van der Waals surface area contributed by atoms with Crippen molar-refractivity contribution in [1.29, 1.82) is 0 Å². The van der Waals surface area contributed by atoms with Gasteiger partial charge >= 0.3 is 12.0 Å². The number of para-hydroxylation sites is 1. The fourth-order valence-electron chi connectivity index (χ4n) is 2.29. The molecule has 0 saturated carbocycles. The van der Waals surface area contributed by atoms with Crippen LogP contribution in [0.5, 0.6) is 0 Å². The number of amides is 2. The van der Waals surface area contributed by atoms with Crippen LogP contribution in [-0.4, -0.2) is 23.0 Å². The monoisotopic (exact) mass is 385 g/mol. The smallest absolute Gasteiger partial charge is 0.340 e. The molecule has 2 amide bonds. The Morgan fingerprint density at radius 2 is 2.04 bits per heavy atom. The van der Waals surface area contributed by atoms with E-state index in [1.54, 1.807) is 24.3 Å². The highest BCUT2D eigenvalue weighted by Crippen LogP contribution is 2.24. The van der Waals surface area contributed by atoms with Crippen molar-refractivity contribution in [3.63, 3.8) is 0 Å². The van der Waals surface area contributed by atoms with Crippen LogP contribution in [0.25, 0.3) is 10.8 Å². The second-order valence-electron chi connectivity index (χ2n) is 6.00. The minimum atomic E-state index is -0.559. The SMILES string of the molecule is CC(C)NC(=O)Nc1ccccc1C(=O)OCc1coc(-c2cccs2)n1. The zero-order valence-corrected chi connectivity index (χ0v) is 15.7. The minimum Gasteiger partial charge on any atom is -0.455 e. The third-order valence-corrected chi connectivity index (χ3v) is 4.31. The largest absolute Gasteiger partial charge is 0.455 e. The number of hydrogen-bond acceptors (Lipinski definition) is 6. The fraction of sp³-hybridized carbons (Fsp3) is 0.211. The Balaban J connectivity index is 1.64. The molecule has 0 aliphatic heterocycles. The summed E-state index contributed by atoms with van der Waals surface area (Å²) < 4.78 is 10.7. The quantitative estimate of drug-likeness (QED) is 0.618. The van der Waals surface area contributed by atoms with E-state index in [1.807, 2.05) is 31.4 Å². The molecule has 7 nitrogen and oxygen atoms in total. The Labute approximate surface area is 160 Å². The van der Waals surface area contributed by atoms with Gasteiger partial charge in [0.1, 0.15) is 18.6 Å². The van der Waals surface area contributed by atoms with E-state index in [0.717, 1.165) is 4.88 Å². The van der Waals surface area contributed by atoms with E-state index in [0.29, 0.717) is 17.3 Å². The molecule has 0 unspecified atom stereocenters. The number of benzene rings is 1. The molecule has 0 bridgehead atoms. The molecule has 0 atom stereocenters. The molecule has 2 N–H and O–H groups in total. The summed E-state index contributed by atoms with van der Waals surface area (Å²) in [6.45, 7) is 3.67.